The van der Waals surface area contributed by atoms with Crippen LogP contribution in [-0.2, 0) is 6.54 Å². The molecule has 2 atom stereocenters. The monoisotopic (exact) mass is 250 g/mol. The van der Waals surface area contributed by atoms with Gasteiger partial charge in [0.25, 0.3) is 0 Å². The summed E-state index contributed by atoms with van der Waals surface area (Å²) in [5.74, 6) is 1.56. The Labute approximate surface area is 108 Å². The van der Waals surface area contributed by atoms with Crippen molar-refractivity contribution in [3.63, 3.8) is 0 Å². The van der Waals surface area contributed by atoms with Crippen LogP contribution in [0.25, 0.3) is 0 Å². The van der Waals surface area contributed by atoms with E-state index in [1.54, 1.807) is 16.9 Å². The molecule has 17 heavy (non-hydrogen) atoms. The lowest BCUT2D eigenvalue weighted by molar-refractivity contribution is 0.381. The second-order valence-corrected chi connectivity index (χ2v) is 6.59. The number of allylic oxidation sites excluding steroid dienone is 2. The van der Waals surface area contributed by atoms with Crippen molar-refractivity contribution in [1.29, 1.82) is 0 Å². The summed E-state index contributed by atoms with van der Waals surface area (Å²) < 4.78 is 0. The molecule has 2 unspecified atom stereocenters. The SMILES string of the molecule is CC1=CC(C)CC(CNCc2cnc(C)s2)C1. The van der Waals surface area contributed by atoms with Crippen molar-refractivity contribution in [2.45, 2.75) is 40.2 Å². The van der Waals surface area contributed by atoms with Crippen molar-refractivity contribution in [3.8, 4) is 0 Å². The predicted octanol–water partition coefficient (Wildman–Crippen LogP) is 3.53. The first-order valence-electron chi connectivity index (χ1n) is 6.43. The lowest BCUT2D eigenvalue weighted by Crippen LogP contribution is -2.25. The molecular formula is C14H22N2S. The lowest BCUT2D eigenvalue weighted by atomic mass is 9.84. The van der Waals surface area contributed by atoms with Gasteiger partial charge in [-0.3, -0.25) is 0 Å². The third kappa shape index (κ3) is 3.93. The first-order chi connectivity index (χ1) is 8.13. The lowest BCUT2D eigenvalue weighted by Gasteiger charge is -2.25. The van der Waals surface area contributed by atoms with E-state index in [4.69, 9.17) is 0 Å². The Balaban J connectivity index is 1.74. The molecule has 0 spiro atoms. The summed E-state index contributed by atoms with van der Waals surface area (Å²) in [5, 5.41) is 4.73. The van der Waals surface area contributed by atoms with Gasteiger partial charge < -0.3 is 5.32 Å². The summed E-state index contributed by atoms with van der Waals surface area (Å²) in [7, 11) is 0. The molecule has 3 heteroatoms. The number of hydrogen-bond donors (Lipinski definition) is 1. The van der Waals surface area contributed by atoms with Gasteiger partial charge in [0.15, 0.2) is 0 Å². The van der Waals surface area contributed by atoms with E-state index < -0.39 is 0 Å². The van der Waals surface area contributed by atoms with E-state index in [9.17, 15) is 0 Å². The third-order valence-corrected chi connectivity index (χ3v) is 4.20. The summed E-state index contributed by atoms with van der Waals surface area (Å²) in [6, 6.07) is 0. The van der Waals surface area contributed by atoms with Crippen LogP contribution in [-0.4, -0.2) is 11.5 Å². The Bertz CT molecular complexity index is 395. The summed E-state index contributed by atoms with van der Waals surface area (Å²) in [4.78, 5) is 5.62. The Hall–Kier alpha value is -0.670. The smallest absolute Gasteiger partial charge is 0.0897 e. The van der Waals surface area contributed by atoms with Gasteiger partial charge in [0.1, 0.15) is 0 Å². The molecular weight excluding hydrogens is 228 g/mol. The molecule has 94 valence electrons. The van der Waals surface area contributed by atoms with Crippen LogP contribution in [0, 0.1) is 18.8 Å². The molecule has 0 aromatic carbocycles. The minimum Gasteiger partial charge on any atom is -0.312 e. The number of thiazole rings is 1. The molecule has 1 aromatic rings. The van der Waals surface area contributed by atoms with Gasteiger partial charge in [-0.15, -0.1) is 11.3 Å². The number of rotatable bonds is 4. The average molecular weight is 250 g/mol. The predicted molar refractivity (Wildman–Crippen MR) is 74.2 cm³/mol. The summed E-state index contributed by atoms with van der Waals surface area (Å²) >= 11 is 1.79. The topological polar surface area (TPSA) is 24.9 Å². The van der Waals surface area contributed by atoms with E-state index >= 15 is 0 Å². The molecule has 0 fully saturated rings. The maximum Gasteiger partial charge on any atom is 0.0897 e. The van der Waals surface area contributed by atoms with Gasteiger partial charge in [-0.05, 0) is 45.1 Å². The Kier molecular flexibility index (Phi) is 4.35. The zero-order valence-electron chi connectivity index (χ0n) is 11.0. The zero-order valence-corrected chi connectivity index (χ0v) is 11.8. The first kappa shape index (κ1) is 12.8. The maximum atomic E-state index is 4.28. The standard InChI is InChI=1S/C14H22N2S/c1-10-4-11(2)6-13(5-10)7-15-8-14-9-16-12(3)17-14/h4,9-10,13,15H,5-8H2,1-3H3. The largest absolute Gasteiger partial charge is 0.312 e. The van der Waals surface area contributed by atoms with Crippen LogP contribution < -0.4 is 5.32 Å². The van der Waals surface area contributed by atoms with E-state index in [0.29, 0.717) is 0 Å². The number of aromatic nitrogens is 1. The molecule has 0 amide bonds. The van der Waals surface area contributed by atoms with E-state index in [-0.39, 0.29) is 0 Å². The fourth-order valence-corrected chi connectivity index (χ4v) is 3.49. The Morgan fingerprint density at radius 3 is 2.94 bits per heavy atom. The van der Waals surface area contributed by atoms with Crippen LogP contribution in [0.1, 0.15) is 36.6 Å². The van der Waals surface area contributed by atoms with Crippen LogP contribution in [0.2, 0.25) is 0 Å². The van der Waals surface area contributed by atoms with Crippen molar-refractivity contribution in [2.75, 3.05) is 6.54 Å². The average Bonchev–Trinajstić information content (AvgIpc) is 2.63. The highest BCUT2D eigenvalue weighted by Gasteiger charge is 2.17. The fraction of sp³-hybridized carbons (Fsp3) is 0.643. The maximum absolute atomic E-state index is 4.28. The number of nitrogens with zero attached hydrogens (tertiary/aromatic N) is 1. The molecule has 2 rings (SSSR count). The fourth-order valence-electron chi connectivity index (χ4n) is 2.73. The molecule has 1 aromatic heterocycles. The van der Waals surface area contributed by atoms with Gasteiger partial charge in [-0.1, -0.05) is 18.6 Å². The second kappa shape index (κ2) is 5.78. The van der Waals surface area contributed by atoms with E-state index in [2.05, 4.69) is 37.1 Å². The number of aryl methyl sites for hydroxylation is 1. The van der Waals surface area contributed by atoms with Gasteiger partial charge in [0, 0.05) is 17.6 Å². The van der Waals surface area contributed by atoms with Crippen LogP contribution in [0.5, 0.6) is 0 Å². The molecule has 1 aliphatic rings. The summed E-state index contributed by atoms with van der Waals surface area (Å²) in [5.41, 5.74) is 1.56. The van der Waals surface area contributed by atoms with Crippen molar-refractivity contribution >= 4 is 11.3 Å². The normalized spacial score (nSPS) is 24.8. The van der Waals surface area contributed by atoms with Gasteiger partial charge in [0.2, 0.25) is 0 Å². The van der Waals surface area contributed by atoms with Crippen molar-refractivity contribution in [1.82, 2.24) is 10.3 Å². The van der Waals surface area contributed by atoms with Crippen LogP contribution in [0.15, 0.2) is 17.8 Å². The van der Waals surface area contributed by atoms with Gasteiger partial charge in [0.05, 0.1) is 5.01 Å². The molecule has 0 bridgehead atoms. The quantitative estimate of drug-likeness (QED) is 0.827. The van der Waals surface area contributed by atoms with Gasteiger partial charge in [-0.2, -0.15) is 0 Å². The van der Waals surface area contributed by atoms with E-state index in [1.165, 1.54) is 17.7 Å². The van der Waals surface area contributed by atoms with E-state index in [0.717, 1.165) is 29.9 Å². The highest BCUT2D eigenvalue weighted by Crippen LogP contribution is 2.27. The molecule has 1 heterocycles. The minimum atomic E-state index is 0.751. The van der Waals surface area contributed by atoms with Gasteiger partial charge in [-0.25, -0.2) is 4.98 Å². The van der Waals surface area contributed by atoms with Crippen molar-refractivity contribution < 1.29 is 0 Å². The highest BCUT2D eigenvalue weighted by molar-refractivity contribution is 7.11. The molecule has 1 N–H and O–H groups in total. The van der Waals surface area contributed by atoms with Crippen LogP contribution in [0.4, 0.5) is 0 Å². The second-order valence-electron chi connectivity index (χ2n) is 5.27. The van der Waals surface area contributed by atoms with Crippen molar-refractivity contribution in [2.24, 2.45) is 11.8 Å². The third-order valence-electron chi connectivity index (χ3n) is 3.29. The summed E-state index contributed by atoms with van der Waals surface area (Å²) in [6.45, 7) is 8.74. The first-order valence-corrected chi connectivity index (χ1v) is 7.24. The van der Waals surface area contributed by atoms with Gasteiger partial charge >= 0.3 is 0 Å². The molecule has 0 aliphatic heterocycles. The van der Waals surface area contributed by atoms with E-state index in [1.807, 2.05) is 6.20 Å². The molecule has 0 radical (unpaired) electrons. The summed E-state index contributed by atoms with van der Waals surface area (Å²) in [6.07, 6.45) is 7.00. The Morgan fingerprint density at radius 2 is 2.29 bits per heavy atom. The minimum absolute atomic E-state index is 0.751. The molecule has 0 saturated carbocycles. The Morgan fingerprint density at radius 1 is 1.47 bits per heavy atom. The number of hydrogen-bond acceptors (Lipinski definition) is 3. The molecule has 1 aliphatic carbocycles. The van der Waals surface area contributed by atoms with Crippen LogP contribution in [0.3, 0.4) is 0 Å². The molecule has 2 nitrogen and oxygen atoms in total. The molecule has 0 saturated heterocycles. The van der Waals surface area contributed by atoms with Crippen LogP contribution >= 0.6 is 11.3 Å². The highest BCUT2D eigenvalue weighted by atomic mass is 32.1. The zero-order chi connectivity index (χ0) is 12.3. The van der Waals surface area contributed by atoms with Crippen molar-refractivity contribution in [3.05, 3.63) is 27.7 Å². The number of nitrogens with one attached hydrogen (secondary N) is 1.